The SMILES string of the molecule is CCCNCC1CCC(CC)CC1Cc1ccccc1Cl. The summed E-state index contributed by atoms with van der Waals surface area (Å²) in [7, 11) is 0. The summed E-state index contributed by atoms with van der Waals surface area (Å²) in [5.41, 5.74) is 1.33. The predicted octanol–water partition coefficient (Wildman–Crippen LogP) is 5.32. The summed E-state index contributed by atoms with van der Waals surface area (Å²) < 4.78 is 0. The summed E-state index contributed by atoms with van der Waals surface area (Å²) in [5, 5.41) is 4.58. The van der Waals surface area contributed by atoms with Crippen LogP contribution in [0.1, 0.15) is 51.5 Å². The van der Waals surface area contributed by atoms with E-state index in [1.54, 1.807) is 0 Å². The van der Waals surface area contributed by atoms with E-state index in [9.17, 15) is 0 Å². The number of hydrogen-bond donors (Lipinski definition) is 1. The molecule has 3 atom stereocenters. The summed E-state index contributed by atoms with van der Waals surface area (Å²) in [4.78, 5) is 0. The third-order valence-corrected chi connectivity index (χ3v) is 5.47. The maximum Gasteiger partial charge on any atom is 0.0438 e. The molecule has 118 valence electrons. The second-order valence-electron chi connectivity index (χ2n) is 6.61. The van der Waals surface area contributed by atoms with Crippen LogP contribution >= 0.6 is 11.6 Å². The fourth-order valence-corrected chi connectivity index (χ4v) is 3.94. The van der Waals surface area contributed by atoms with Crippen molar-refractivity contribution in [1.82, 2.24) is 5.32 Å². The molecule has 3 unspecified atom stereocenters. The minimum absolute atomic E-state index is 0.785. The van der Waals surface area contributed by atoms with E-state index in [4.69, 9.17) is 11.6 Å². The zero-order valence-electron chi connectivity index (χ0n) is 13.6. The maximum absolute atomic E-state index is 6.37. The first-order valence-electron chi connectivity index (χ1n) is 8.68. The van der Waals surface area contributed by atoms with E-state index in [2.05, 4.69) is 31.3 Å². The van der Waals surface area contributed by atoms with Crippen LogP contribution < -0.4 is 5.32 Å². The topological polar surface area (TPSA) is 12.0 Å². The summed E-state index contributed by atoms with van der Waals surface area (Å²) in [5.74, 6) is 2.52. The summed E-state index contributed by atoms with van der Waals surface area (Å²) in [6.07, 6.45) is 7.86. The Bertz CT molecular complexity index is 416. The molecule has 0 saturated heterocycles. The molecule has 2 rings (SSSR count). The first-order chi connectivity index (χ1) is 10.2. The Morgan fingerprint density at radius 1 is 1.14 bits per heavy atom. The third-order valence-electron chi connectivity index (χ3n) is 5.10. The Morgan fingerprint density at radius 3 is 2.67 bits per heavy atom. The standard InChI is InChI=1S/C19H30ClN/c1-3-11-21-14-17-10-9-15(4-2)12-18(17)13-16-7-5-6-8-19(16)20/h5-8,15,17-18,21H,3-4,9-14H2,1-2H3. The van der Waals surface area contributed by atoms with E-state index in [1.165, 1.54) is 44.2 Å². The van der Waals surface area contributed by atoms with E-state index < -0.39 is 0 Å². The molecule has 0 aromatic heterocycles. The predicted molar refractivity (Wildman–Crippen MR) is 92.9 cm³/mol. The number of hydrogen-bond acceptors (Lipinski definition) is 1. The highest BCUT2D eigenvalue weighted by atomic mass is 35.5. The lowest BCUT2D eigenvalue weighted by atomic mass is 9.71. The van der Waals surface area contributed by atoms with Crippen molar-refractivity contribution in [3.05, 3.63) is 34.9 Å². The minimum atomic E-state index is 0.785. The second kappa shape index (κ2) is 8.80. The zero-order chi connectivity index (χ0) is 15.1. The largest absolute Gasteiger partial charge is 0.316 e. The highest BCUT2D eigenvalue weighted by Crippen LogP contribution is 2.38. The average Bonchev–Trinajstić information content (AvgIpc) is 2.51. The van der Waals surface area contributed by atoms with Gasteiger partial charge in [0.1, 0.15) is 0 Å². The van der Waals surface area contributed by atoms with Crippen molar-refractivity contribution in [3.8, 4) is 0 Å². The van der Waals surface area contributed by atoms with Crippen molar-refractivity contribution < 1.29 is 0 Å². The van der Waals surface area contributed by atoms with Crippen LogP contribution in [0, 0.1) is 17.8 Å². The van der Waals surface area contributed by atoms with Crippen LogP contribution in [0.15, 0.2) is 24.3 Å². The molecule has 0 bridgehead atoms. The first kappa shape index (κ1) is 16.8. The monoisotopic (exact) mass is 307 g/mol. The van der Waals surface area contributed by atoms with Gasteiger partial charge in [0, 0.05) is 5.02 Å². The van der Waals surface area contributed by atoms with Crippen molar-refractivity contribution in [2.45, 2.75) is 52.4 Å². The van der Waals surface area contributed by atoms with Crippen LogP contribution in [0.25, 0.3) is 0 Å². The molecular formula is C19H30ClN. The first-order valence-corrected chi connectivity index (χ1v) is 9.06. The molecule has 0 aliphatic heterocycles. The van der Waals surface area contributed by atoms with E-state index >= 15 is 0 Å². The molecule has 2 heteroatoms. The summed E-state index contributed by atoms with van der Waals surface area (Å²) in [6, 6.07) is 8.38. The molecule has 1 nitrogen and oxygen atoms in total. The zero-order valence-corrected chi connectivity index (χ0v) is 14.3. The fourth-order valence-electron chi connectivity index (χ4n) is 3.72. The van der Waals surface area contributed by atoms with E-state index in [-0.39, 0.29) is 0 Å². The molecule has 0 heterocycles. The van der Waals surface area contributed by atoms with E-state index in [0.717, 1.165) is 35.7 Å². The van der Waals surface area contributed by atoms with Crippen molar-refractivity contribution in [3.63, 3.8) is 0 Å². The Kier molecular flexibility index (Phi) is 7.06. The van der Waals surface area contributed by atoms with Crippen LogP contribution in [0.3, 0.4) is 0 Å². The molecular weight excluding hydrogens is 278 g/mol. The summed E-state index contributed by atoms with van der Waals surface area (Å²) >= 11 is 6.37. The quantitative estimate of drug-likeness (QED) is 0.672. The Morgan fingerprint density at radius 2 is 1.95 bits per heavy atom. The van der Waals surface area contributed by atoms with Gasteiger partial charge in [-0.05, 0) is 68.2 Å². The highest BCUT2D eigenvalue weighted by Gasteiger charge is 2.29. The van der Waals surface area contributed by atoms with Gasteiger partial charge in [-0.3, -0.25) is 0 Å². The van der Waals surface area contributed by atoms with Gasteiger partial charge in [-0.25, -0.2) is 0 Å². The van der Waals surface area contributed by atoms with Crippen molar-refractivity contribution >= 4 is 11.6 Å². The van der Waals surface area contributed by atoms with Gasteiger partial charge in [0.2, 0.25) is 0 Å². The molecule has 21 heavy (non-hydrogen) atoms. The van der Waals surface area contributed by atoms with E-state index in [0.29, 0.717) is 0 Å². The molecule has 0 radical (unpaired) electrons. The Hall–Kier alpha value is -0.530. The average molecular weight is 308 g/mol. The van der Waals surface area contributed by atoms with Crippen LogP contribution in [-0.4, -0.2) is 13.1 Å². The second-order valence-corrected chi connectivity index (χ2v) is 7.01. The molecule has 1 fully saturated rings. The van der Waals surface area contributed by atoms with Gasteiger partial charge in [0.25, 0.3) is 0 Å². The smallest absolute Gasteiger partial charge is 0.0438 e. The molecule has 1 aromatic carbocycles. The van der Waals surface area contributed by atoms with Crippen molar-refractivity contribution in [2.24, 2.45) is 17.8 Å². The lowest BCUT2D eigenvalue weighted by molar-refractivity contribution is 0.171. The van der Waals surface area contributed by atoms with Gasteiger partial charge in [0.05, 0.1) is 0 Å². The maximum atomic E-state index is 6.37. The number of rotatable bonds is 7. The highest BCUT2D eigenvalue weighted by molar-refractivity contribution is 6.31. The molecule has 1 saturated carbocycles. The van der Waals surface area contributed by atoms with Gasteiger partial charge >= 0.3 is 0 Å². The van der Waals surface area contributed by atoms with Gasteiger partial charge in [0.15, 0.2) is 0 Å². The minimum Gasteiger partial charge on any atom is -0.316 e. The van der Waals surface area contributed by atoms with Crippen LogP contribution in [0.2, 0.25) is 5.02 Å². The third kappa shape index (κ3) is 5.00. The van der Waals surface area contributed by atoms with Crippen LogP contribution in [-0.2, 0) is 6.42 Å². The number of benzene rings is 1. The van der Waals surface area contributed by atoms with Crippen LogP contribution in [0.5, 0.6) is 0 Å². The van der Waals surface area contributed by atoms with Gasteiger partial charge in [-0.1, -0.05) is 56.5 Å². The lowest BCUT2D eigenvalue weighted by Gasteiger charge is -2.36. The molecule has 0 spiro atoms. The van der Waals surface area contributed by atoms with Crippen molar-refractivity contribution in [1.29, 1.82) is 0 Å². The van der Waals surface area contributed by atoms with Gasteiger partial charge in [-0.15, -0.1) is 0 Å². The van der Waals surface area contributed by atoms with Gasteiger partial charge < -0.3 is 5.32 Å². The van der Waals surface area contributed by atoms with Gasteiger partial charge in [-0.2, -0.15) is 0 Å². The normalized spacial score (nSPS) is 26.0. The molecule has 1 N–H and O–H groups in total. The van der Waals surface area contributed by atoms with E-state index in [1.807, 2.05) is 12.1 Å². The molecule has 1 aliphatic rings. The molecule has 0 amide bonds. The lowest BCUT2D eigenvalue weighted by Crippen LogP contribution is -2.34. The number of nitrogens with one attached hydrogen (secondary N) is 1. The number of halogens is 1. The summed E-state index contributed by atoms with van der Waals surface area (Å²) in [6.45, 7) is 6.90. The van der Waals surface area contributed by atoms with Crippen molar-refractivity contribution in [2.75, 3.05) is 13.1 Å². The Balaban J connectivity index is 2.00. The van der Waals surface area contributed by atoms with Crippen LogP contribution in [0.4, 0.5) is 0 Å². The molecule has 1 aromatic rings. The fraction of sp³-hybridized carbons (Fsp3) is 0.684. The molecule has 1 aliphatic carbocycles. The Labute approximate surface area is 135 Å².